The molecule has 0 amide bonds. The zero-order chi connectivity index (χ0) is 17.0. The largest absolute Gasteiger partial charge is 0.249 e. The van der Waals surface area contributed by atoms with E-state index in [1.807, 2.05) is 0 Å². The Morgan fingerprint density at radius 3 is 1.42 bits per heavy atom. The van der Waals surface area contributed by atoms with Gasteiger partial charge in [0.25, 0.3) is 0 Å². The highest BCUT2D eigenvalue weighted by atomic mass is 14.8. The highest BCUT2D eigenvalue weighted by Gasteiger charge is 2.08. The normalized spacial score (nSPS) is 11.2. The van der Waals surface area contributed by atoms with Crippen LogP contribution in [0.25, 0.3) is 11.0 Å². The van der Waals surface area contributed by atoms with Crippen molar-refractivity contribution < 1.29 is 0 Å². The lowest BCUT2D eigenvalue weighted by Gasteiger charge is -2.10. The summed E-state index contributed by atoms with van der Waals surface area (Å²) in [6.45, 7) is 4.54. The maximum atomic E-state index is 4.95. The molecule has 2 nitrogen and oxygen atoms in total. The smallest absolute Gasteiger partial charge is 0.0890 e. The Hall–Kier alpha value is -1.44. The summed E-state index contributed by atoms with van der Waals surface area (Å²) in [5.74, 6) is 0. The number of hydrogen-bond acceptors (Lipinski definition) is 2. The van der Waals surface area contributed by atoms with Crippen molar-refractivity contribution in [2.24, 2.45) is 0 Å². The number of benzene rings is 1. The molecule has 0 saturated carbocycles. The maximum absolute atomic E-state index is 4.95. The van der Waals surface area contributed by atoms with E-state index in [2.05, 4.69) is 38.1 Å². The van der Waals surface area contributed by atoms with Crippen molar-refractivity contribution in [3.05, 3.63) is 35.7 Å². The molecule has 2 aromatic rings. The first-order chi connectivity index (χ1) is 11.8. The lowest BCUT2D eigenvalue weighted by atomic mass is 10.0. The summed E-state index contributed by atoms with van der Waals surface area (Å²) in [6.07, 6.45) is 15.3. The van der Waals surface area contributed by atoms with E-state index in [1.165, 1.54) is 75.6 Å². The van der Waals surface area contributed by atoms with E-state index in [-0.39, 0.29) is 0 Å². The molecule has 24 heavy (non-hydrogen) atoms. The van der Waals surface area contributed by atoms with E-state index in [0.29, 0.717) is 0 Å². The summed E-state index contributed by atoms with van der Waals surface area (Å²) < 4.78 is 0. The molecule has 0 unspecified atom stereocenters. The Balaban J connectivity index is 1.99. The molecule has 1 aromatic heterocycles. The van der Waals surface area contributed by atoms with Gasteiger partial charge in [0.05, 0.1) is 22.4 Å². The molecule has 0 aliphatic rings. The summed E-state index contributed by atoms with van der Waals surface area (Å²) in [6, 6.07) is 8.31. The minimum absolute atomic E-state index is 1.05. The quantitative estimate of drug-likeness (QED) is 0.408. The third-order valence-corrected chi connectivity index (χ3v) is 4.76. The van der Waals surface area contributed by atoms with Crippen LogP contribution in [0.3, 0.4) is 0 Å². The van der Waals surface area contributed by atoms with E-state index in [9.17, 15) is 0 Å². The van der Waals surface area contributed by atoms with Crippen LogP contribution in [0.2, 0.25) is 0 Å². The van der Waals surface area contributed by atoms with Gasteiger partial charge in [-0.15, -0.1) is 0 Å². The molecule has 0 bridgehead atoms. The van der Waals surface area contributed by atoms with Gasteiger partial charge in [0, 0.05) is 0 Å². The highest BCUT2D eigenvalue weighted by Crippen LogP contribution is 2.18. The van der Waals surface area contributed by atoms with Gasteiger partial charge in [-0.3, -0.25) is 0 Å². The highest BCUT2D eigenvalue weighted by molar-refractivity contribution is 5.74. The van der Waals surface area contributed by atoms with Gasteiger partial charge in [-0.05, 0) is 37.8 Å². The Bertz CT molecular complexity index is 539. The second kappa shape index (κ2) is 11.2. The maximum Gasteiger partial charge on any atom is 0.0890 e. The number of nitrogens with zero attached hydrogens (tertiary/aromatic N) is 2. The molecule has 0 radical (unpaired) electrons. The van der Waals surface area contributed by atoms with Crippen LogP contribution in [0.5, 0.6) is 0 Å². The van der Waals surface area contributed by atoms with Gasteiger partial charge in [0.15, 0.2) is 0 Å². The summed E-state index contributed by atoms with van der Waals surface area (Å²) >= 11 is 0. The first-order valence-corrected chi connectivity index (χ1v) is 10.1. The zero-order valence-corrected chi connectivity index (χ0v) is 15.7. The molecule has 0 aliphatic carbocycles. The Labute approximate surface area is 148 Å². The third-order valence-electron chi connectivity index (χ3n) is 4.76. The molecule has 132 valence electrons. The molecule has 0 saturated heterocycles. The minimum Gasteiger partial charge on any atom is -0.249 e. The molecule has 1 heterocycles. The third kappa shape index (κ3) is 6.22. The molecule has 0 atom stereocenters. The minimum atomic E-state index is 1.05. The lowest BCUT2D eigenvalue weighted by molar-refractivity contribution is 0.612. The fourth-order valence-electron chi connectivity index (χ4n) is 3.27. The topological polar surface area (TPSA) is 25.8 Å². The van der Waals surface area contributed by atoms with Gasteiger partial charge < -0.3 is 0 Å². The van der Waals surface area contributed by atoms with E-state index >= 15 is 0 Å². The first-order valence-electron chi connectivity index (χ1n) is 10.1. The van der Waals surface area contributed by atoms with Crippen molar-refractivity contribution in [1.29, 1.82) is 0 Å². The number of unbranched alkanes of at least 4 members (excludes halogenated alkanes) is 8. The molecule has 2 rings (SSSR count). The van der Waals surface area contributed by atoms with Crippen LogP contribution >= 0.6 is 0 Å². The van der Waals surface area contributed by atoms with Gasteiger partial charge in [-0.25, -0.2) is 9.97 Å². The average Bonchev–Trinajstić information content (AvgIpc) is 2.61. The second-order valence-corrected chi connectivity index (χ2v) is 6.93. The molecule has 0 aliphatic heterocycles. The van der Waals surface area contributed by atoms with Gasteiger partial charge in [-0.1, -0.05) is 77.3 Å². The van der Waals surface area contributed by atoms with E-state index in [4.69, 9.17) is 9.97 Å². The molecule has 0 N–H and O–H groups in total. The van der Waals surface area contributed by atoms with Crippen LogP contribution in [0.15, 0.2) is 24.3 Å². The first kappa shape index (κ1) is 18.9. The summed E-state index contributed by atoms with van der Waals surface area (Å²) in [5.41, 5.74) is 4.60. The van der Waals surface area contributed by atoms with Gasteiger partial charge in [0.2, 0.25) is 0 Å². The monoisotopic (exact) mass is 326 g/mol. The van der Waals surface area contributed by atoms with Crippen molar-refractivity contribution >= 4 is 11.0 Å². The summed E-state index contributed by atoms with van der Waals surface area (Å²) in [7, 11) is 0. The van der Waals surface area contributed by atoms with Crippen LogP contribution in [0.1, 0.15) is 89.4 Å². The Kier molecular flexibility index (Phi) is 8.80. The van der Waals surface area contributed by atoms with Crippen LogP contribution < -0.4 is 0 Å². The number of para-hydroxylation sites is 2. The van der Waals surface area contributed by atoms with Crippen LogP contribution in [-0.2, 0) is 12.8 Å². The standard InChI is InChI=1S/C22H34N2/c1-3-5-7-9-11-15-19-20(16-12-10-8-6-4-2)24-22-18-14-13-17-21(22)23-19/h13-14,17-18H,3-12,15-16H2,1-2H3. The SMILES string of the molecule is CCCCCCCc1nc2ccccc2nc1CCCCCCC. The summed E-state index contributed by atoms with van der Waals surface area (Å²) in [4.78, 5) is 9.89. The van der Waals surface area contributed by atoms with E-state index in [0.717, 1.165) is 23.9 Å². The molecule has 0 spiro atoms. The summed E-state index contributed by atoms with van der Waals surface area (Å²) in [5, 5.41) is 0. The molecule has 0 fully saturated rings. The zero-order valence-electron chi connectivity index (χ0n) is 15.7. The van der Waals surface area contributed by atoms with Crippen LogP contribution in [-0.4, -0.2) is 9.97 Å². The van der Waals surface area contributed by atoms with Crippen molar-refractivity contribution in [2.75, 3.05) is 0 Å². The van der Waals surface area contributed by atoms with Gasteiger partial charge in [0.1, 0.15) is 0 Å². The fourth-order valence-corrected chi connectivity index (χ4v) is 3.27. The predicted octanol–water partition coefficient (Wildman–Crippen LogP) is 6.66. The van der Waals surface area contributed by atoms with Gasteiger partial charge in [-0.2, -0.15) is 0 Å². The number of aryl methyl sites for hydroxylation is 2. The molecule has 2 heteroatoms. The van der Waals surface area contributed by atoms with Crippen molar-refractivity contribution in [3.8, 4) is 0 Å². The number of fused-ring (bicyclic) bond motifs is 1. The number of rotatable bonds is 12. The second-order valence-electron chi connectivity index (χ2n) is 6.93. The van der Waals surface area contributed by atoms with Crippen LogP contribution in [0.4, 0.5) is 0 Å². The fraction of sp³-hybridized carbons (Fsp3) is 0.636. The van der Waals surface area contributed by atoms with E-state index in [1.54, 1.807) is 0 Å². The van der Waals surface area contributed by atoms with Crippen LogP contribution in [0, 0.1) is 0 Å². The number of aromatic nitrogens is 2. The Morgan fingerprint density at radius 1 is 0.583 bits per heavy atom. The lowest BCUT2D eigenvalue weighted by Crippen LogP contribution is -2.03. The van der Waals surface area contributed by atoms with E-state index < -0.39 is 0 Å². The van der Waals surface area contributed by atoms with Crippen molar-refractivity contribution in [1.82, 2.24) is 9.97 Å². The van der Waals surface area contributed by atoms with Crippen molar-refractivity contribution in [2.45, 2.75) is 90.9 Å². The molecular weight excluding hydrogens is 292 g/mol. The number of hydrogen-bond donors (Lipinski definition) is 0. The van der Waals surface area contributed by atoms with Crippen molar-refractivity contribution in [3.63, 3.8) is 0 Å². The predicted molar refractivity (Wildman–Crippen MR) is 104 cm³/mol. The molecule has 1 aromatic carbocycles. The Morgan fingerprint density at radius 2 is 1.00 bits per heavy atom. The van der Waals surface area contributed by atoms with Gasteiger partial charge >= 0.3 is 0 Å². The average molecular weight is 327 g/mol. The molecular formula is C22H34N2.